The van der Waals surface area contributed by atoms with Crippen molar-refractivity contribution in [1.82, 2.24) is 9.78 Å². The van der Waals surface area contributed by atoms with E-state index in [-0.39, 0.29) is 33.8 Å². The number of anilines is 1. The number of amides is 1. The van der Waals surface area contributed by atoms with Gasteiger partial charge in [0.1, 0.15) is 10.8 Å². The first-order chi connectivity index (χ1) is 17.0. The van der Waals surface area contributed by atoms with E-state index in [0.29, 0.717) is 5.56 Å². The number of halogens is 1. The third-order valence-corrected chi connectivity index (χ3v) is 6.33. The summed E-state index contributed by atoms with van der Waals surface area (Å²) in [5.74, 6) is -1.59. The number of fused-ring (bicyclic) bond motifs is 2. The first kappa shape index (κ1) is 22.4. The molecule has 0 aliphatic carbocycles. The summed E-state index contributed by atoms with van der Waals surface area (Å²) in [6.45, 7) is 1.78. The standard InChI is InChI=1S/C26H18FN3O4S/c1-2-34-26(33)22-20-14-35-24(21(20)25(32)30(29-22)19-11-9-18(27)10-12-19)28-23(31)17-8-7-15-5-3-4-6-16(15)13-17/h3-14H,2H2,1H3,(H,28,31). The topological polar surface area (TPSA) is 90.3 Å². The van der Waals surface area contributed by atoms with E-state index in [2.05, 4.69) is 10.4 Å². The summed E-state index contributed by atoms with van der Waals surface area (Å²) in [4.78, 5) is 39.1. The van der Waals surface area contributed by atoms with E-state index in [1.807, 2.05) is 30.3 Å². The monoisotopic (exact) mass is 487 g/mol. The zero-order chi connectivity index (χ0) is 24.5. The average molecular weight is 488 g/mol. The zero-order valence-corrected chi connectivity index (χ0v) is 19.3. The molecule has 0 atom stereocenters. The van der Waals surface area contributed by atoms with Gasteiger partial charge in [-0.1, -0.05) is 30.3 Å². The number of esters is 1. The van der Waals surface area contributed by atoms with Gasteiger partial charge in [0, 0.05) is 16.3 Å². The van der Waals surface area contributed by atoms with E-state index in [9.17, 15) is 18.8 Å². The lowest BCUT2D eigenvalue weighted by atomic mass is 10.1. The number of nitrogens with one attached hydrogen (secondary N) is 1. The Kier molecular flexibility index (Phi) is 5.84. The molecule has 7 nitrogen and oxygen atoms in total. The molecule has 0 saturated heterocycles. The van der Waals surface area contributed by atoms with Crippen LogP contribution in [0, 0.1) is 5.82 Å². The van der Waals surface area contributed by atoms with Gasteiger partial charge in [0.05, 0.1) is 17.7 Å². The van der Waals surface area contributed by atoms with E-state index in [1.165, 1.54) is 24.3 Å². The summed E-state index contributed by atoms with van der Waals surface area (Å²) in [5.41, 5.74) is 0.0496. The lowest BCUT2D eigenvalue weighted by Crippen LogP contribution is -2.25. The molecule has 0 aliphatic heterocycles. The molecule has 2 aromatic heterocycles. The predicted octanol–water partition coefficient (Wildman–Crippen LogP) is 5.17. The molecule has 5 rings (SSSR count). The van der Waals surface area contributed by atoms with Crippen LogP contribution in [0.2, 0.25) is 0 Å². The van der Waals surface area contributed by atoms with E-state index < -0.39 is 23.3 Å². The van der Waals surface area contributed by atoms with Crippen molar-refractivity contribution in [2.45, 2.75) is 6.92 Å². The third kappa shape index (κ3) is 4.17. The number of hydrogen-bond acceptors (Lipinski definition) is 6. The van der Waals surface area contributed by atoms with Gasteiger partial charge in [-0.15, -0.1) is 11.3 Å². The Morgan fingerprint density at radius 2 is 1.80 bits per heavy atom. The smallest absolute Gasteiger partial charge is 0.359 e. The Hall–Kier alpha value is -4.37. The van der Waals surface area contributed by atoms with Crippen LogP contribution in [-0.2, 0) is 4.74 Å². The molecule has 0 fully saturated rings. The molecule has 3 aromatic carbocycles. The Balaban J connectivity index is 1.62. The van der Waals surface area contributed by atoms with Crippen LogP contribution in [0.4, 0.5) is 9.39 Å². The lowest BCUT2D eigenvalue weighted by Gasteiger charge is -2.10. The normalized spacial score (nSPS) is 11.0. The highest BCUT2D eigenvalue weighted by Crippen LogP contribution is 2.31. The Labute approximate surface area is 202 Å². The van der Waals surface area contributed by atoms with Crippen molar-refractivity contribution in [3.05, 3.63) is 99.5 Å². The summed E-state index contributed by atoms with van der Waals surface area (Å²) in [6.07, 6.45) is 0. The second-order valence-electron chi connectivity index (χ2n) is 7.63. The molecule has 174 valence electrons. The van der Waals surface area contributed by atoms with E-state index in [4.69, 9.17) is 4.74 Å². The molecule has 0 aliphatic rings. The minimum Gasteiger partial charge on any atom is -0.461 e. The first-order valence-electron chi connectivity index (χ1n) is 10.7. The van der Waals surface area contributed by atoms with Gasteiger partial charge in [-0.3, -0.25) is 9.59 Å². The van der Waals surface area contributed by atoms with Crippen LogP contribution in [0.3, 0.4) is 0 Å². The van der Waals surface area contributed by atoms with Crippen LogP contribution in [0.1, 0.15) is 27.8 Å². The SMILES string of the molecule is CCOC(=O)c1nn(-c2ccc(F)cc2)c(=O)c2c(NC(=O)c3ccc4ccccc4c3)scc12. The zero-order valence-electron chi connectivity index (χ0n) is 18.4. The highest BCUT2D eigenvalue weighted by atomic mass is 32.1. The van der Waals surface area contributed by atoms with Crippen molar-refractivity contribution in [2.75, 3.05) is 11.9 Å². The highest BCUT2D eigenvalue weighted by Gasteiger charge is 2.23. The molecule has 35 heavy (non-hydrogen) atoms. The van der Waals surface area contributed by atoms with E-state index in [0.717, 1.165) is 26.8 Å². The Morgan fingerprint density at radius 1 is 1.06 bits per heavy atom. The van der Waals surface area contributed by atoms with Gasteiger partial charge >= 0.3 is 5.97 Å². The summed E-state index contributed by atoms with van der Waals surface area (Å²) >= 11 is 1.11. The fraction of sp³-hybridized carbons (Fsp3) is 0.0769. The summed E-state index contributed by atoms with van der Waals surface area (Å²) in [7, 11) is 0. The average Bonchev–Trinajstić information content (AvgIpc) is 3.29. The Morgan fingerprint density at radius 3 is 2.54 bits per heavy atom. The number of carbonyl (C=O) groups excluding carboxylic acids is 2. The largest absolute Gasteiger partial charge is 0.461 e. The molecule has 1 amide bonds. The molecule has 2 heterocycles. The van der Waals surface area contributed by atoms with Crippen molar-refractivity contribution in [2.24, 2.45) is 0 Å². The van der Waals surface area contributed by atoms with Crippen LogP contribution in [-0.4, -0.2) is 28.3 Å². The number of hydrogen-bond donors (Lipinski definition) is 1. The number of aromatic nitrogens is 2. The minimum absolute atomic E-state index is 0.0757. The molecular weight excluding hydrogens is 469 g/mol. The molecule has 0 saturated carbocycles. The molecule has 0 unspecified atom stereocenters. The van der Waals surface area contributed by atoms with Crippen LogP contribution in [0.15, 0.2) is 76.9 Å². The van der Waals surface area contributed by atoms with Gasteiger partial charge in [-0.05, 0) is 54.1 Å². The quantitative estimate of drug-likeness (QED) is 0.346. The van der Waals surface area contributed by atoms with Crippen LogP contribution in [0.5, 0.6) is 0 Å². The third-order valence-electron chi connectivity index (χ3n) is 5.43. The van der Waals surface area contributed by atoms with Crippen molar-refractivity contribution in [3.63, 3.8) is 0 Å². The van der Waals surface area contributed by atoms with Gasteiger partial charge in [-0.25, -0.2) is 9.18 Å². The molecule has 9 heteroatoms. The fourth-order valence-electron chi connectivity index (χ4n) is 3.76. The molecule has 1 N–H and O–H groups in total. The number of benzene rings is 3. The molecular formula is C26H18FN3O4S. The van der Waals surface area contributed by atoms with Gasteiger partial charge in [0.15, 0.2) is 5.69 Å². The molecule has 0 bridgehead atoms. The van der Waals surface area contributed by atoms with Crippen molar-refractivity contribution in [1.29, 1.82) is 0 Å². The fourth-order valence-corrected chi connectivity index (χ4v) is 4.69. The maximum Gasteiger partial charge on any atom is 0.359 e. The van der Waals surface area contributed by atoms with Crippen molar-refractivity contribution in [3.8, 4) is 5.69 Å². The summed E-state index contributed by atoms with van der Waals surface area (Å²) in [6, 6.07) is 18.1. The molecule has 0 radical (unpaired) electrons. The van der Waals surface area contributed by atoms with Crippen molar-refractivity contribution >= 4 is 49.8 Å². The first-order valence-corrected chi connectivity index (χ1v) is 11.6. The maximum atomic E-state index is 13.5. The number of thiophene rings is 1. The Bertz CT molecular complexity index is 1660. The lowest BCUT2D eigenvalue weighted by molar-refractivity contribution is 0.0520. The van der Waals surface area contributed by atoms with Gasteiger partial charge < -0.3 is 10.1 Å². The number of nitrogens with zero attached hydrogens (tertiary/aromatic N) is 2. The molecule has 5 aromatic rings. The van der Waals surface area contributed by atoms with E-state index in [1.54, 1.807) is 24.4 Å². The number of ether oxygens (including phenoxy) is 1. The number of carbonyl (C=O) groups is 2. The second-order valence-corrected chi connectivity index (χ2v) is 8.51. The number of rotatable bonds is 5. The van der Waals surface area contributed by atoms with Gasteiger partial charge in [0.25, 0.3) is 11.5 Å². The molecule has 0 spiro atoms. The van der Waals surface area contributed by atoms with Crippen LogP contribution in [0.25, 0.3) is 27.2 Å². The van der Waals surface area contributed by atoms with Gasteiger partial charge in [-0.2, -0.15) is 9.78 Å². The minimum atomic E-state index is -0.710. The second kappa shape index (κ2) is 9.11. The summed E-state index contributed by atoms with van der Waals surface area (Å²) in [5, 5.41) is 11.1. The van der Waals surface area contributed by atoms with Gasteiger partial charge in [0.2, 0.25) is 0 Å². The van der Waals surface area contributed by atoms with Crippen LogP contribution < -0.4 is 10.9 Å². The predicted molar refractivity (Wildman–Crippen MR) is 133 cm³/mol. The summed E-state index contributed by atoms with van der Waals surface area (Å²) < 4.78 is 19.6. The highest BCUT2D eigenvalue weighted by molar-refractivity contribution is 7.16. The maximum absolute atomic E-state index is 13.5. The van der Waals surface area contributed by atoms with E-state index >= 15 is 0 Å². The van der Waals surface area contributed by atoms with Crippen molar-refractivity contribution < 1.29 is 18.7 Å². The van der Waals surface area contributed by atoms with Crippen LogP contribution >= 0.6 is 11.3 Å².